The van der Waals surface area contributed by atoms with E-state index in [1.165, 1.54) is 29.7 Å². The number of halogens is 1. The van der Waals surface area contributed by atoms with Crippen molar-refractivity contribution < 1.29 is 0 Å². The van der Waals surface area contributed by atoms with Gasteiger partial charge in [0.15, 0.2) is 0 Å². The summed E-state index contributed by atoms with van der Waals surface area (Å²) in [6.45, 7) is 3.01. The second kappa shape index (κ2) is 6.32. The van der Waals surface area contributed by atoms with Crippen molar-refractivity contribution >= 4 is 15.9 Å². The maximum absolute atomic E-state index is 4.56. The summed E-state index contributed by atoms with van der Waals surface area (Å²) in [5.41, 5.74) is 5.40. The summed E-state index contributed by atoms with van der Waals surface area (Å²) in [7, 11) is 2.02. The number of rotatable bonds is 4. The van der Waals surface area contributed by atoms with Gasteiger partial charge in [0.1, 0.15) is 0 Å². The van der Waals surface area contributed by atoms with Crippen molar-refractivity contribution in [2.75, 3.05) is 0 Å². The zero-order chi connectivity index (χ0) is 14.8. The van der Waals surface area contributed by atoms with Gasteiger partial charge in [0.25, 0.3) is 0 Å². The third-order valence-corrected chi connectivity index (χ3v) is 5.32. The number of hydrogen-bond donors (Lipinski definition) is 1. The van der Waals surface area contributed by atoms with Gasteiger partial charge in [0.2, 0.25) is 0 Å². The van der Waals surface area contributed by atoms with Crippen LogP contribution in [0, 0.1) is 0 Å². The van der Waals surface area contributed by atoms with Crippen molar-refractivity contribution in [1.82, 2.24) is 15.1 Å². The van der Waals surface area contributed by atoms with E-state index in [0.717, 1.165) is 29.6 Å². The average Bonchev–Trinajstić information content (AvgIpc) is 2.79. The summed E-state index contributed by atoms with van der Waals surface area (Å²) < 4.78 is 3.16. The second-order valence-corrected chi connectivity index (χ2v) is 6.57. The fourth-order valence-corrected chi connectivity index (χ4v) is 3.88. The monoisotopic (exact) mass is 347 g/mol. The Hall–Kier alpha value is -1.13. The van der Waals surface area contributed by atoms with Crippen LogP contribution in [-0.4, -0.2) is 15.8 Å². The van der Waals surface area contributed by atoms with Crippen molar-refractivity contribution in [3.63, 3.8) is 0 Å². The Balaban J connectivity index is 1.66. The van der Waals surface area contributed by atoms with Crippen molar-refractivity contribution in [2.24, 2.45) is 7.05 Å². The highest BCUT2D eigenvalue weighted by Gasteiger charge is 2.19. The Morgan fingerprint density at radius 1 is 1.33 bits per heavy atom. The average molecular weight is 348 g/mol. The summed E-state index contributed by atoms with van der Waals surface area (Å²) in [6.07, 6.45) is 4.49. The normalized spacial score (nSPS) is 17.8. The van der Waals surface area contributed by atoms with E-state index >= 15 is 0 Å². The van der Waals surface area contributed by atoms with Crippen LogP contribution in [0.15, 0.2) is 28.7 Å². The Morgan fingerprint density at radius 2 is 2.10 bits per heavy atom. The number of fused-ring (bicyclic) bond motifs is 1. The lowest BCUT2D eigenvalue weighted by Crippen LogP contribution is -2.34. The third kappa shape index (κ3) is 3.06. The largest absolute Gasteiger partial charge is 0.308 e. The number of aryl methyl sites for hydroxylation is 3. The van der Waals surface area contributed by atoms with E-state index in [1.54, 1.807) is 0 Å². The molecule has 0 saturated heterocycles. The van der Waals surface area contributed by atoms with E-state index < -0.39 is 0 Å². The molecule has 3 rings (SSSR count). The highest BCUT2D eigenvalue weighted by Crippen LogP contribution is 2.24. The number of nitrogens with one attached hydrogen (secondary N) is 1. The first kappa shape index (κ1) is 14.8. The van der Waals surface area contributed by atoms with Gasteiger partial charge in [0, 0.05) is 19.6 Å². The van der Waals surface area contributed by atoms with Gasteiger partial charge in [0.05, 0.1) is 15.9 Å². The maximum atomic E-state index is 4.56. The lowest BCUT2D eigenvalue weighted by atomic mass is 9.88. The standard InChI is InChI=1S/C17H22BrN3/c1-3-15-17(18)16(21(2)20-15)11-19-14-9-8-12-6-4-5-7-13(12)10-14/h4-7,14,19H,3,8-11H2,1-2H3. The van der Waals surface area contributed by atoms with Crippen molar-refractivity contribution in [2.45, 2.75) is 45.2 Å². The molecule has 1 aliphatic carbocycles. The fourth-order valence-electron chi connectivity index (χ4n) is 3.12. The van der Waals surface area contributed by atoms with Crippen LogP contribution in [0.2, 0.25) is 0 Å². The maximum Gasteiger partial charge on any atom is 0.0767 e. The summed E-state index contributed by atoms with van der Waals surface area (Å²) in [5.74, 6) is 0. The molecule has 1 unspecified atom stereocenters. The molecule has 4 heteroatoms. The van der Waals surface area contributed by atoms with Gasteiger partial charge >= 0.3 is 0 Å². The number of nitrogens with zero attached hydrogens (tertiary/aromatic N) is 2. The van der Waals surface area contributed by atoms with E-state index in [4.69, 9.17) is 0 Å². The summed E-state index contributed by atoms with van der Waals surface area (Å²) in [6, 6.07) is 9.37. The van der Waals surface area contributed by atoms with Gasteiger partial charge in [-0.1, -0.05) is 31.2 Å². The molecule has 0 spiro atoms. The topological polar surface area (TPSA) is 29.9 Å². The van der Waals surface area contributed by atoms with E-state index in [-0.39, 0.29) is 0 Å². The van der Waals surface area contributed by atoms with Gasteiger partial charge in [-0.05, 0) is 52.7 Å². The van der Waals surface area contributed by atoms with Crippen LogP contribution < -0.4 is 5.32 Å². The molecule has 1 aromatic heterocycles. The first-order chi connectivity index (χ1) is 10.2. The van der Waals surface area contributed by atoms with Crippen LogP contribution in [0.3, 0.4) is 0 Å². The van der Waals surface area contributed by atoms with E-state index in [2.05, 4.69) is 57.5 Å². The minimum Gasteiger partial charge on any atom is -0.308 e. The lowest BCUT2D eigenvalue weighted by Gasteiger charge is -2.25. The van der Waals surface area contributed by atoms with Crippen molar-refractivity contribution in [1.29, 1.82) is 0 Å². The molecule has 1 aromatic carbocycles. The highest BCUT2D eigenvalue weighted by molar-refractivity contribution is 9.10. The van der Waals surface area contributed by atoms with E-state index in [0.29, 0.717) is 6.04 Å². The smallest absolute Gasteiger partial charge is 0.0767 e. The summed E-state index contributed by atoms with van der Waals surface area (Å²) in [4.78, 5) is 0. The second-order valence-electron chi connectivity index (χ2n) is 5.77. The van der Waals surface area contributed by atoms with Gasteiger partial charge in [-0.15, -0.1) is 0 Å². The molecule has 1 heterocycles. The predicted molar refractivity (Wildman–Crippen MR) is 89.4 cm³/mol. The Morgan fingerprint density at radius 3 is 2.81 bits per heavy atom. The number of benzene rings is 1. The third-order valence-electron chi connectivity index (χ3n) is 4.41. The molecule has 0 amide bonds. The fraction of sp³-hybridized carbons (Fsp3) is 0.471. The van der Waals surface area contributed by atoms with Gasteiger partial charge in [-0.2, -0.15) is 5.10 Å². The quantitative estimate of drug-likeness (QED) is 0.918. The zero-order valence-corrected chi connectivity index (χ0v) is 14.3. The van der Waals surface area contributed by atoms with Crippen LogP contribution in [0.5, 0.6) is 0 Å². The minimum atomic E-state index is 0.562. The molecule has 0 fully saturated rings. The first-order valence-corrected chi connectivity index (χ1v) is 8.48. The molecule has 0 radical (unpaired) electrons. The SMILES string of the molecule is CCc1nn(C)c(CNC2CCc3ccccc3C2)c1Br. The Bertz CT molecular complexity index is 633. The first-order valence-electron chi connectivity index (χ1n) is 7.69. The molecule has 0 bridgehead atoms. The van der Waals surface area contributed by atoms with Crippen LogP contribution in [0.4, 0.5) is 0 Å². The molecule has 3 nitrogen and oxygen atoms in total. The van der Waals surface area contributed by atoms with Crippen LogP contribution in [-0.2, 0) is 32.9 Å². The van der Waals surface area contributed by atoms with E-state index in [9.17, 15) is 0 Å². The molecule has 1 aliphatic rings. The molecule has 0 saturated carbocycles. The van der Waals surface area contributed by atoms with Crippen LogP contribution in [0.25, 0.3) is 0 Å². The van der Waals surface area contributed by atoms with Crippen molar-refractivity contribution in [3.05, 3.63) is 51.3 Å². The van der Waals surface area contributed by atoms with E-state index in [1.807, 2.05) is 11.7 Å². The number of hydrogen-bond acceptors (Lipinski definition) is 2. The van der Waals surface area contributed by atoms with Gasteiger partial charge in [-0.3, -0.25) is 4.68 Å². The molecule has 21 heavy (non-hydrogen) atoms. The minimum absolute atomic E-state index is 0.562. The summed E-state index contributed by atoms with van der Waals surface area (Å²) >= 11 is 3.69. The predicted octanol–water partition coefficient (Wildman–Crippen LogP) is 3.39. The van der Waals surface area contributed by atoms with Crippen molar-refractivity contribution in [3.8, 4) is 0 Å². The molecule has 112 valence electrons. The zero-order valence-electron chi connectivity index (χ0n) is 12.7. The molecular formula is C17H22BrN3. The number of aromatic nitrogens is 2. The molecule has 1 atom stereocenters. The molecule has 2 aromatic rings. The highest BCUT2D eigenvalue weighted by atomic mass is 79.9. The molecular weight excluding hydrogens is 326 g/mol. The molecule has 1 N–H and O–H groups in total. The summed E-state index contributed by atoms with van der Waals surface area (Å²) in [5, 5.41) is 8.27. The Labute approximate surface area is 134 Å². The van der Waals surface area contributed by atoms with Crippen LogP contribution >= 0.6 is 15.9 Å². The van der Waals surface area contributed by atoms with Crippen LogP contribution in [0.1, 0.15) is 35.9 Å². The van der Waals surface area contributed by atoms with Gasteiger partial charge in [-0.25, -0.2) is 0 Å². The van der Waals surface area contributed by atoms with Gasteiger partial charge < -0.3 is 5.32 Å². The molecule has 0 aliphatic heterocycles. The Kier molecular flexibility index (Phi) is 4.45. The lowest BCUT2D eigenvalue weighted by molar-refractivity contribution is 0.448.